The van der Waals surface area contributed by atoms with Gasteiger partial charge in [0, 0.05) is 23.8 Å². The van der Waals surface area contributed by atoms with Crippen molar-refractivity contribution >= 4 is 11.4 Å². The molecular formula is C15H18N4O. The predicted molar refractivity (Wildman–Crippen MR) is 75.7 cm³/mol. The molecular weight excluding hydrogens is 252 g/mol. The Hall–Kier alpha value is -1.88. The molecule has 2 aromatic heterocycles. The minimum absolute atomic E-state index is 0.0642. The molecule has 2 N–H and O–H groups in total. The summed E-state index contributed by atoms with van der Waals surface area (Å²) in [5.41, 5.74) is 2.67. The van der Waals surface area contributed by atoms with Crippen molar-refractivity contribution < 1.29 is 4.79 Å². The highest BCUT2D eigenvalue weighted by Crippen LogP contribution is 2.31. The molecule has 1 saturated carbocycles. The number of nitrogens with one attached hydrogen (secondary N) is 2. The minimum Gasteiger partial charge on any atom is -0.346 e. The average Bonchev–Trinajstić information content (AvgIpc) is 3.10. The number of fused-ring (bicyclic) bond motifs is 3. The summed E-state index contributed by atoms with van der Waals surface area (Å²) in [7, 11) is 0. The number of carbonyl (C=O) groups excluding carboxylic acids is 1. The highest BCUT2D eigenvalue weighted by atomic mass is 16.2. The molecule has 5 nitrogen and oxygen atoms in total. The molecule has 2 aliphatic rings. The lowest BCUT2D eigenvalue weighted by molar-refractivity contribution is 0.0923. The molecule has 0 radical (unpaired) electrons. The van der Waals surface area contributed by atoms with Crippen molar-refractivity contribution in [2.24, 2.45) is 5.92 Å². The number of nitrogens with zero attached hydrogens (tertiary/aromatic N) is 2. The van der Waals surface area contributed by atoms with Crippen molar-refractivity contribution in [2.45, 2.75) is 31.8 Å². The van der Waals surface area contributed by atoms with Gasteiger partial charge in [-0.3, -0.25) is 4.79 Å². The molecule has 20 heavy (non-hydrogen) atoms. The van der Waals surface area contributed by atoms with Crippen LogP contribution in [-0.2, 0) is 0 Å². The summed E-state index contributed by atoms with van der Waals surface area (Å²) in [4.78, 5) is 16.6. The smallest absolute Gasteiger partial charge is 0.270 e. The third-order valence-electron chi connectivity index (χ3n) is 4.50. The number of carbonyl (C=O) groups is 1. The van der Waals surface area contributed by atoms with Crippen LogP contribution in [0.25, 0.3) is 5.52 Å². The quantitative estimate of drug-likeness (QED) is 0.860. The van der Waals surface area contributed by atoms with E-state index in [0.29, 0.717) is 11.7 Å². The Labute approximate surface area is 117 Å². The maximum atomic E-state index is 12.3. The monoisotopic (exact) mass is 270 g/mol. The van der Waals surface area contributed by atoms with Crippen LogP contribution in [0, 0.1) is 12.8 Å². The summed E-state index contributed by atoms with van der Waals surface area (Å²) < 4.78 is 1.94. The molecule has 3 atom stereocenters. The molecule has 0 spiro atoms. The van der Waals surface area contributed by atoms with Gasteiger partial charge in [-0.1, -0.05) is 0 Å². The Morgan fingerprint density at radius 3 is 3.10 bits per heavy atom. The summed E-state index contributed by atoms with van der Waals surface area (Å²) in [5, 5.41) is 6.58. The Kier molecular flexibility index (Phi) is 2.57. The Morgan fingerprint density at radius 2 is 2.35 bits per heavy atom. The van der Waals surface area contributed by atoms with Crippen LogP contribution in [-0.4, -0.2) is 33.9 Å². The van der Waals surface area contributed by atoms with Gasteiger partial charge in [0.15, 0.2) is 0 Å². The summed E-state index contributed by atoms with van der Waals surface area (Å²) >= 11 is 0. The summed E-state index contributed by atoms with van der Waals surface area (Å²) in [5.74, 6) is 0.666. The van der Waals surface area contributed by atoms with Gasteiger partial charge in [-0.05, 0) is 49.9 Å². The second kappa shape index (κ2) is 4.31. The van der Waals surface area contributed by atoms with E-state index < -0.39 is 0 Å². The zero-order valence-electron chi connectivity index (χ0n) is 11.5. The van der Waals surface area contributed by atoms with Crippen molar-refractivity contribution in [3.8, 4) is 0 Å². The Bertz CT molecular complexity index is 678. The Morgan fingerprint density at radius 1 is 1.45 bits per heavy atom. The SMILES string of the molecule is Cc1cc2cc(C(=O)NC3CC4CNC3C4)ncn2c1. The second-order valence-electron chi connectivity index (χ2n) is 6.06. The highest BCUT2D eigenvalue weighted by Gasteiger charge is 2.40. The van der Waals surface area contributed by atoms with Gasteiger partial charge in [-0.2, -0.15) is 0 Å². The highest BCUT2D eigenvalue weighted by molar-refractivity contribution is 5.93. The van der Waals surface area contributed by atoms with E-state index in [0.717, 1.165) is 24.4 Å². The number of piperidine rings is 1. The standard InChI is InChI=1S/C15H18N4O/c1-9-2-11-5-14(17-8-19(11)7-9)15(20)18-13-4-10-3-12(13)16-6-10/h2,5,7-8,10,12-13,16H,3-4,6H2,1H3,(H,18,20). The van der Waals surface area contributed by atoms with Crippen LogP contribution in [0.1, 0.15) is 28.9 Å². The van der Waals surface area contributed by atoms with Gasteiger partial charge in [-0.25, -0.2) is 4.98 Å². The van der Waals surface area contributed by atoms with Crippen LogP contribution in [0.15, 0.2) is 24.7 Å². The van der Waals surface area contributed by atoms with Crippen LogP contribution in [0.3, 0.4) is 0 Å². The van der Waals surface area contributed by atoms with Crippen LogP contribution >= 0.6 is 0 Å². The molecule has 1 aliphatic heterocycles. The predicted octanol–water partition coefficient (Wildman–Crippen LogP) is 1.12. The Balaban J connectivity index is 1.54. The first-order chi connectivity index (χ1) is 9.69. The van der Waals surface area contributed by atoms with Crippen LogP contribution in [0.5, 0.6) is 0 Å². The molecule has 2 bridgehead atoms. The zero-order chi connectivity index (χ0) is 13.7. The molecule has 1 saturated heterocycles. The molecule has 5 heteroatoms. The van der Waals surface area contributed by atoms with Crippen molar-refractivity contribution in [1.82, 2.24) is 20.0 Å². The average molecular weight is 270 g/mol. The first kappa shape index (κ1) is 11.9. The van der Waals surface area contributed by atoms with Gasteiger partial charge in [-0.15, -0.1) is 0 Å². The number of hydrogen-bond acceptors (Lipinski definition) is 3. The third-order valence-corrected chi connectivity index (χ3v) is 4.50. The molecule has 3 unspecified atom stereocenters. The van der Waals surface area contributed by atoms with Gasteiger partial charge in [0.2, 0.25) is 0 Å². The topological polar surface area (TPSA) is 58.4 Å². The van der Waals surface area contributed by atoms with Gasteiger partial charge in [0.05, 0.1) is 6.33 Å². The van der Waals surface area contributed by atoms with Crippen molar-refractivity contribution in [3.05, 3.63) is 35.9 Å². The first-order valence-electron chi connectivity index (χ1n) is 7.17. The van der Waals surface area contributed by atoms with Crippen LogP contribution < -0.4 is 10.6 Å². The van der Waals surface area contributed by atoms with Crippen molar-refractivity contribution in [2.75, 3.05) is 6.54 Å². The molecule has 4 rings (SSSR count). The third kappa shape index (κ3) is 1.89. The summed E-state index contributed by atoms with van der Waals surface area (Å²) in [6, 6.07) is 4.61. The molecule has 2 aromatic rings. The van der Waals surface area contributed by atoms with E-state index in [1.807, 2.05) is 23.6 Å². The lowest BCUT2D eigenvalue weighted by atomic mass is 10.1. The molecule has 2 fully saturated rings. The molecule has 3 heterocycles. The fraction of sp³-hybridized carbons (Fsp3) is 0.467. The van der Waals surface area contributed by atoms with E-state index in [1.54, 1.807) is 6.33 Å². The largest absolute Gasteiger partial charge is 0.346 e. The van der Waals surface area contributed by atoms with Gasteiger partial charge >= 0.3 is 0 Å². The lowest BCUT2D eigenvalue weighted by Crippen LogP contribution is -2.48. The molecule has 0 aromatic carbocycles. The van der Waals surface area contributed by atoms with Gasteiger partial charge in [0.1, 0.15) is 5.69 Å². The number of aryl methyl sites for hydroxylation is 1. The molecule has 1 amide bonds. The van der Waals surface area contributed by atoms with Crippen LogP contribution in [0.4, 0.5) is 0 Å². The molecule has 1 aliphatic carbocycles. The van der Waals surface area contributed by atoms with E-state index in [4.69, 9.17) is 0 Å². The van der Waals surface area contributed by atoms with E-state index in [9.17, 15) is 4.79 Å². The number of aromatic nitrogens is 2. The normalized spacial score (nSPS) is 28.1. The van der Waals surface area contributed by atoms with E-state index in [1.165, 1.54) is 12.0 Å². The van der Waals surface area contributed by atoms with E-state index in [-0.39, 0.29) is 11.9 Å². The van der Waals surface area contributed by atoms with Gasteiger partial charge in [0.25, 0.3) is 5.91 Å². The van der Waals surface area contributed by atoms with E-state index >= 15 is 0 Å². The number of amides is 1. The fourth-order valence-corrected chi connectivity index (χ4v) is 3.54. The maximum Gasteiger partial charge on any atom is 0.270 e. The minimum atomic E-state index is -0.0642. The van der Waals surface area contributed by atoms with Crippen LogP contribution in [0.2, 0.25) is 0 Å². The van der Waals surface area contributed by atoms with Crippen molar-refractivity contribution in [1.29, 1.82) is 0 Å². The number of hydrogen-bond donors (Lipinski definition) is 2. The first-order valence-corrected chi connectivity index (χ1v) is 7.17. The maximum absolute atomic E-state index is 12.3. The van der Waals surface area contributed by atoms with Crippen molar-refractivity contribution in [3.63, 3.8) is 0 Å². The van der Waals surface area contributed by atoms with Gasteiger partial charge < -0.3 is 15.0 Å². The molecule has 104 valence electrons. The second-order valence-corrected chi connectivity index (χ2v) is 6.06. The lowest BCUT2D eigenvalue weighted by Gasteiger charge is -2.23. The van der Waals surface area contributed by atoms with E-state index in [2.05, 4.69) is 21.7 Å². The summed E-state index contributed by atoms with van der Waals surface area (Å²) in [6.07, 6.45) is 5.99. The zero-order valence-corrected chi connectivity index (χ0v) is 11.5. The summed E-state index contributed by atoms with van der Waals surface area (Å²) in [6.45, 7) is 3.14. The fourth-order valence-electron chi connectivity index (χ4n) is 3.54. The number of rotatable bonds is 2.